The molecule has 5 rings (SSSR count). The predicted octanol–water partition coefficient (Wildman–Crippen LogP) is 1.78. The van der Waals surface area contributed by atoms with Crippen molar-refractivity contribution in [2.45, 2.75) is 63.0 Å². The predicted molar refractivity (Wildman–Crippen MR) is 154 cm³/mol. The molecule has 0 radical (unpaired) electrons. The van der Waals surface area contributed by atoms with Gasteiger partial charge in [-0.05, 0) is 38.9 Å². The van der Waals surface area contributed by atoms with Gasteiger partial charge in [-0.2, -0.15) is 0 Å². The molecule has 0 aliphatic carbocycles. The van der Waals surface area contributed by atoms with Gasteiger partial charge in [0.05, 0.1) is 24.8 Å². The van der Waals surface area contributed by atoms with Crippen LogP contribution in [-0.2, 0) is 19.1 Å². The van der Waals surface area contributed by atoms with E-state index in [-0.39, 0.29) is 35.9 Å². The van der Waals surface area contributed by atoms with Gasteiger partial charge in [-0.1, -0.05) is 48.5 Å². The van der Waals surface area contributed by atoms with Crippen LogP contribution in [0.15, 0.2) is 54.6 Å². The minimum Gasteiger partial charge on any atom is -0.493 e. The van der Waals surface area contributed by atoms with Crippen LogP contribution in [0.2, 0.25) is 0 Å². The Balaban J connectivity index is 1.43. The van der Waals surface area contributed by atoms with Crippen molar-refractivity contribution < 1.29 is 23.9 Å². The molecular formula is C31H41N5O5. The monoisotopic (exact) mass is 563 g/mol. The second-order valence-electron chi connectivity index (χ2n) is 11.0. The Morgan fingerprint density at radius 1 is 1.05 bits per heavy atom. The smallest absolute Gasteiger partial charge is 0.250 e. The first-order valence-corrected chi connectivity index (χ1v) is 14.6. The molecule has 10 nitrogen and oxygen atoms in total. The zero-order valence-corrected chi connectivity index (χ0v) is 24.0. The van der Waals surface area contributed by atoms with E-state index in [2.05, 4.69) is 20.9 Å². The van der Waals surface area contributed by atoms with Gasteiger partial charge in [-0.25, -0.2) is 0 Å². The summed E-state index contributed by atoms with van der Waals surface area (Å²) in [6, 6.07) is 14.7. The largest absolute Gasteiger partial charge is 0.493 e. The van der Waals surface area contributed by atoms with Crippen molar-refractivity contribution in [2.75, 3.05) is 39.9 Å². The fraction of sp³-hybridized carbons (Fsp3) is 0.516. The molecule has 2 fully saturated rings. The van der Waals surface area contributed by atoms with Crippen molar-refractivity contribution in [3.63, 3.8) is 0 Å². The highest BCUT2D eigenvalue weighted by Crippen LogP contribution is 2.33. The highest BCUT2D eigenvalue weighted by molar-refractivity contribution is 5.94. The maximum Gasteiger partial charge on any atom is 0.250 e. The van der Waals surface area contributed by atoms with Gasteiger partial charge in [-0.3, -0.25) is 19.3 Å². The van der Waals surface area contributed by atoms with Crippen LogP contribution < -0.4 is 20.7 Å². The number of nitrogens with zero attached hydrogens (tertiary/aromatic N) is 2. The maximum absolute atomic E-state index is 14.4. The van der Waals surface area contributed by atoms with Crippen molar-refractivity contribution in [1.82, 2.24) is 25.8 Å². The van der Waals surface area contributed by atoms with Crippen molar-refractivity contribution in [3.05, 3.63) is 65.7 Å². The van der Waals surface area contributed by atoms with Crippen LogP contribution in [-0.4, -0.2) is 91.6 Å². The second-order valence-corrected chi connectivity index (χ2v) is 11.0. The van der Waals surface area contributed by atoms with Crippen molar-refractivity contribution in [1.29, 1.82) is 0 Å². The third-order valence-corrected chi connectivity index (χ3v) is 8.44. The molecule has 3 amide bonds. The lowest BCUT2D eigenvalue weighted by Crippen LogP contribution is -2.64. The number of hydrogen-bond donors (Lipinski definition) is 3. The van der Waals surface area contributed by atoms with Crippen molar-refractivity contribution in [2.24, 2.45) is 0 Å². The van der Waals surface area contributed by atoms with E-state index in [1.807, 2.05) is 61.5 Å². The first kappa shape index (κ1) is 29.0. The van der Waals surface area contributed by atoms with E-state index in [4.69, 9.17) is 9.47 Å². The third kappa shape index (κ3) is 6.39. The Labute approximate surface area is 241 Å². The molecule has 2 saturated heterocycles. The molecule has 220 valence electrons. The number of hydrogen-bond acceptors (Lipinski definition) is 7. The summed E-state index contributed by atoms with van der Waals surface area (Å²) in [5.41, 5.74) is 1.61. The van der Waals surface area contributed by atoms with Gasteiger partial charge in [0, 0.05) is 44.3 Å². The lowest BCUT2D eigenvalue weighted by atomic mass is 9.98. The number of rotatable bonds is 9. The zero-order chi connectivity index (χ0) is 28.9. The van der Waals surface area contributed by atoms with Crippen LogP contribution in [0.4, 0.5) is 0 Å². The first-order valence-electron chi connectivity index (χ1n) is 14.6. The molecule has 0 spiro atoms. The standard InChI is InChI=1S/C31H41N5O5/c1-4-40-23-16-22-17-36(31(39)28(21-10-6-5-7-11-21)34-29(37)20(2)32-3)26(19-35(22)18-23)30(38)33-25-14-15-41-27-13-9-8-12-24(25)27/h5-13,20,22-23,25-26,28,32H,4,14-19H2,1-3H3,(H,33,38)(H,34,37)/t20-,22?,23?,25+,26?,28-/m0/s1. The minimum absolute atomic E-state index is 0.0623. The Morgan fingerprint density at radius 2 is 1.80 bits per heavy atom. The van der Waals surface area contributed by atoms with E-state index in [1.54, 1.807) is 18.9 Å². The number of amides is 3. The number of nitrogens with one attached hydrogen (secondary N) is 3. The summed E-state index contributed by atoms with van der Waals surface area (Å²) in [6.45, 7) is 6.36. The number of fused-ring (bicyclic) bond motifs is 2. The SMILES string of the molecule is CCOC1CC2CN(C(=O)[C@@H](NC(=O)[C@H](C)NC)c3ccccc3)C(C(=O)N[C@@H]3CCOc4ccccc43)CN2C1. The summed E-state index contributed by atoms with van der Waals surface area (Å²) in [4.78, 5) is 45.3. The van der Waals surface area contributed by atoms with Crippen LogP contribution in [0.25, 0.3) is 0 Å². The molecule has 3 heterocycles. The van der Waals surface area contributed by atoms with E-state index >= 15 is 0 Å². The van der Waals surface area contributed by atoms with E-state index in [1.165, 1.54) is 0 Å². The van der Waals surface area contributed by atoms with Gasteiger partial charge < -0.3 is 30.3 Å². The Kier molecular flexibility index (Phi) is 9.22. The number of likely N-dealkylation sites (N-methyl/N-ethyl adjacent to an activating group) is 1. The summed E-state index contributed by atoms with van der Waals surface area (Å²) >= 11 is 0. The Morgan fingerprint density at radius 3 is 2.56 bits per heavy atom. The minimum atomic E-state index is -0.922. The summed E-state index contributed by atoms with van der Waals surface area (Å²) < 4.78 is 11.7. The maximum atomic E-state index is 14.4. The van der Waals surface area contributed by atoms with Crippen LogP contribution in [0.5, 0.6) is 5.75 Å². The fourth-order valence-corrected chi connectivity index (χ4v) is 6.11. The number of piperazine rings is 1. The number of carbonyl (C=O) groups excluding carboxylic acids is 3. The fourth-order valence-electron chi connectivity index (χ4n) is 6.11. The number of benzene rings is 2. The van der Waals surface area contributed by atoms with E-state index in [9.17, 15) is 14.4 Å². The van der Waals surface area contributed by atoms with E-state index < -0.39 is 18.1 Å². The molecule has 2 aromatic rings. The van der Waals surface area contributed by atoms with Crippen LogP contribution in [0.1, 0.15) is 49.9 Å². The highest BCUT2D eigenvalue weighted by Gasteiger charge is 2.46. The summed E-state index contributed by atoms with van der Waals surface area (Å²) in [5, 5.41) is 9.11. The summed E-state index contributed by atoms with van der Waals surface area (Å²) in [7, 11) is 1.70. The van der Waals surface area contributed by atoms with Gasteiger partial charge in [0.15, 0.2) is 0 Å². The summed E-state index contributed by atoms with van der Waals surface area (Å²) in [5.74, 6) is -0.0179. The number of carbonyl (C=O) groups is 3. The molecule has 0 aromatic heterocycles. The molecular weight excluding hydrogens is 522 g/mol. The molecule has 6 atom stereocenters. The third-order valence-electron chi connectivity index (χ3n) is 8.44. The zero-order valence-electron chi connectivity index (χ0n) is 24.0. The second kappa shape index (κ2) is 13.0. The number of ether oxygens (including phenoxy) is 2. The molecule has 0 saturated carbocycles. The van der Waals surface area contributed by atoms with Crippen LogP contribution >= 0.6 is 0 Å². The van der Waals surface area contributed by atoms with Gasteiger partial charge in [0.2, 0.25) is 11.8 Å². The molecule has 41 heavy (non-hydrogen) atoms. The van der Waals surface area contributed by atoms with E-state index in [0.29, 0.717) is 38.3 Å². The summed E-state index contributed by atoms with van der Waals surface area (Å²) in [6.07, 6.45) is 1.50. The van der Waals surface area contributed by atoms with Crippen LogP contribution in [0, 0.1) is 0 Å². The first-order chi connectivity index (χ1) is 19.9. The Bertz CT molecular complexity index is 1230. The van der Waals surface area contributed by atoms with Gasteiger partial charge in [-0.15, -0.1) is 0 Å². The normalized spacial score (nSPS) is 25.3. The lowest BCUT2D eigenvalue weighted by molar-refractivity contribution is -0.148. The Hall–Kier alpha value is -3.47. The quantitative estimate of drug-likeness (QED) is 0.427. The molecule has 3 aliphatic heterocycles. The lowest BCUT2D eigenvalue weighted by Gasteiger charge is -2.44. The van der Waals surface area contributed by atoms with Crippen LogP contribution in [0.3, 0.4) is 0 Å². The molecule has 10 heteroatoms. The highest BCUT2D eigenvalue weighted by atomic mass is 16.5. The van der Waals surface area contributed by atoms with Gasteiger partial charge >= 0.3 is 0 Å². The molecule has 3 unspecified atom stereocenters. The van der Waals surface area contributed by atoms with Gasteiger partial charge in [0.1, 0.15) is 17.8 Å². The molecule has 3 N–H and O–H groups in total. The molecule has 3 aliphatic rings. The molecule has 0 bridgehead atoms. The van der Waals surface area contributed by atoms with Crippen molar-refractivity contribution >= 4 is 17.7 Å². The average Bonchev–Trinajstić information content (AvgIpc) is 3.40. The van der Waals surface area contributed by atoms with E-state index in [0.717, 1.165) is 24.3 Å². The molecule has 2 aromatic carbocycles. The topological polar surface area (TPSA) is 112 Å². The van der Waals surface area contributed by atoms with Gasteiger partial charge in [0.25, 0.3) is 5.91 Å². The number of para-hydroxylation sites is 1. The van der Waals surface area contributed by atoms with Crippen molar-refractivity contribution in [3.8, 4) is 5.75 Å². The average molecular weight is 564 g/mol.